The topological polar surface area (TPSA) is 64.4 Å². The van der Waals surface area contributed by atoms with Gasteiger partial charge in [-0.15, -0.1) is 0 Å². The minimum atomic E-state index is -4.69. The number of aromatic nitrogens is 2. The van der Waals surface area contributed by atoms with E-state index in [0.717, 1.165) is 48.6 Å². The molecule has 2 aliphatic rings. The minimum absolute atomic E-state index is 0.0199. The van der Waals surface area contributed by atoms with E-state index in [-0.39, 0.29) is 24.2 Å². The van der Waals surface area contributed by atoms with Crippen molar-refractivity contribution in [2.45, 2.75) is 50.1 Å². The molecule has 1 saturated carbocycles. The van der Waals surface area contributed by atoms with Crippen molar-refractivity contribution < 1.29 is 27.5 Å². The van der Waals surface area contributed by atoms with Crippen molar-refractivity contribution in [3.8, 4) is 11.4 Å². The third kappa shape index (κ3) is 4.06. The number of carbonyl (C=O) groups is 2. The minimum Gasteiger partial charge on any atom is -0.497 e. The molecule has 36 heavy (non-hydrogen) atoms. The van der Waals surface area contributed by atoms with Crippen molar-refractivity contribution in [1.82, 2.24) is 9.78 Å². The van der Waals surface area contributed by atoms with Crippen LogP contribution >= 0.6 is 0 Å². The highest BCUT2D eigenvalue weighted by molar-refractivity contribution is 6.07. The number of carbonyl (C=O) groups excluding carboxylic acids is 2. The molecule has 1 fully saturated rings. The fourth-order valence-corrected chi connectivity index (χ4v) is 5.37. The van der Waals surface area contributed by atoms with Gasteiger partial charge >= 0.3 is 6.18 Å². The van der Waals surface area contributed by atoms with Gasteiger partial charge in [-0.25, -0.2) is 4.68 Å². The summed E-state index contributed by atoms with van der Waals surface area (Å²) in [6.45, 7) is 0.0986. The average Bonchev–Trinajstić information content (AvgIpc) is 3.31. The number of hydrogen-bond acceptors (Lipinski definition) is 4. The summed E-state index contributed by atoms with van der Waals surface area (Å²) in [5, 5.41) is 3.83. The number of alkyl halides is 3. The number of nitrogens with zero attached hydrogens (tertiary/aromatic N) is 3. The van der Waals surface area contributed by atoms with Gasteiger partial charge in [0, 0.05) is 17.8 Å². The molecule has 0 radical (unpaired) electrons. The molecule has 0 saturated heterocycles. The van der Waals surface area contributed by atoms with Crippen LogP contribution in [0.2, 0.25) is 0 Å². The van der Waals surface area contributed by atoms with Gasteiger partial charge in [-0.2, -0.15) is 18.3 Å². The normalized spacial score (nSPS) is 17.6. The molecule has 0 atom stereocenters. The lowest BCUT2D eigenvalue weighted by atomic mass is 9.70. The van der Waals surface area contributed by atoms with Crippen LogP contribution in [0.3, 0.4) is 0 Å². The number of benzene rings is 2. The number of halogens is 3. The molecule has 5 rings (SSSR count). The van der Waals surface area contributed by atoms with Crippen LogP contribution in [-0.2, 0) is 22.8 Å². The SMILES string of the molecule is COc1ccc(-n2nc(C(F)(F)F)c3c2C(=O)N(c2ccc(C4(C=O)CCCCC4)cc2)CC3)cc1. The molecule has 0 N–H and O–H groups in total. The number of rotatable bonds is 5. The summed E-state index contributed by atoms with van der Waals surface area (Å²) in [4.78, 5) is 27.1. The second kappa shape index (κ2) is 9.11. The first-order chi connectivity index (χ1) is 17.3. The van der Waals surface area contributed by atoms with E-state index < -0.39 is 23.2 Å². The first kappa shape index (κ1) is 24.1. The van der Waals surface area contributed by atoms with Gasteiger partial charge in [-0.05, 0) is 61.2 Å². The molecule has 1 aliphatic heterocycles. The van der Waals surface area contributed by atoms with Crippen LogP contribution in [0.25, 0.3) is 5.69 Å². The molecule has 0 unspecified atom stereocenters. The Morgan fingerprint density at radius 2 is 1.61 bits per heavy atom. The number of amides is 1. The lowest BCUT2D eigenvalue weighted by Crippen LogP contribution is -2.39. The van der Waals surface area contributed by atoms with Crippen molar-refractivity contribution in [1.29, 1.82) is 0 Å². The molecule has 188 valence electrons. The van der Waals surface area contributed by atoms with Crippen molar-refractivity contribution >= 4 is 17.9 Å². The fourth-order valence-electron chi connectivity index (χ4n) is 5.37. The number of fused-ring (bicyclic) bond motifs is 1. The van der Waals surface area contributed by atoms with Crippen LogP contribution in [0.15, 0.2) is 48.5 Å². The Kier molecular flexibility index (Phi) is 6.10. The smallest absolute Gasteiger partial charge is 0.435 e. The molecular weight excluding hydrogens is 471 g/mol. The summed E-state index contributed by atoms with van der Waals surface area (Å²) in [6, 6.07) is 13.6. The molecule has 1 amide bonds. The van der Waals surface area contributed by atoms with Gasteiger partial charge in [0.25, 0.3) is 5.91 Å². The van der Waals surface area contributed by atoms with Gasteiger partial charge in [0.2, 0.25) is 0 Å². The van der Waals surface area contributed by atoms with E-state index in [1.54, 1.807) is 36.4 Å². The Hall–Kier alpha value is -3.62. The van der Waals surface area contributed by atoms with E-state index in [1.165, 1.54) is 12.0 Å². The first-order valence-corrected chi connectivity index (χ1v) is 12.0. The number of methoxy groups -OCH3 is 1. The monoisotopic (exact) mass is 497 g/mol. The Morgan fingerprint density at radius 1 is 0.972 bits per heavy atom. The van der Waals surface area contributed by atoms with Crippen molar-refractivity contribution in [3.63, 3.8) is 0 Å². The third-order valence-electron chi connectivity index (χ3n) is 7.33. The molecule has 9 heteroatoms. The molecule has 2 aromatic carbocycles. The maximum absolute atomic E-state index is 13.8. The fraction of sp³-hybridized carbons (Fsp3) is 0.370. The highest BCUT2D eigenvalue weighted by Crippen LogP contribution is 2.40. The Labute approximate surface area is 206 Å². The predicted octanol–water partition coefficient (Wildman–Crippen LogP) is 5.50. The van der Waals surface area contributed by atoms with Gasteiger partial charge < -0.3 is 14.4 Å². The van der Waals surface area contributed by atoms with E-state index in [0.29, 0.717) is 17.1 Å². The van der Waals surface area contributed by atoms with Crippen LogP contribution in [0.5, 0.6) is 5.75 Å². The number of ether oxygens (including phenoxy) is 1. The maximum Gasteiger partial charge on any atom is 0.435 e. The second-order valence-corrected chi connectivity index (χ2v) is 9.37. The van der Waals surface area contributed by atoms with Crippen LogP contribution in [0, 0.1) is 0 Å². The number of hydrogen-bond donors (Lipinski definition) is 0. The largest absolute Gasteiger partial charge is 0.497 e. The summed E-state index contributed by atoms with van der Waals surface area (Å²) in [7, 11) is 1.49. The van der Waals surface area contributed by atoms with E-state index in [1.807, 2.05) is 12.1 Å². The lowest BCUT2D eigenvalue weighted by molar-refractivity contribution is -0.142. The molecule has 0 bridgehead atoms. The van der Waals surface area contributed by atoms with Crippen molar-refractivity contribution in [3.05, 3.63) is 71.0 Å². The predicted molar refractivity (Wildman–Crippen MR) is 128 cm³/mol. The standard InChI is InChI=1S/C27H26F3N3O3/c1-36-21-11-9-20(10-12-21)33-23-22(24(31-33)27(28,29)30)13-16-32(25(23)35)19-7-5-18(6-8-19)26(17-34)14-3-2-4-15-26/h5-12,17H,2-4,13-16H2,1H3. The quantitative estimate of drug-likeness (QED) is 0.437. The van der Waals surface area contributed by atoms with Crippen LogP contribution < -0.4 is 9.64 Å². The van der Waals surface area contributed by atoms with E-state index in [4.69, 9.17) is 4.74 Å². The summed E-state index contributed by atoms with van der Waals surface area (Å²) in [6.07, 6.45) is 1.05. The average molecular weight is 498 g/mol. The highest BCUT2D eigenvalue weighted by atomic mass is 19.4. The van der Waals surface area contributed by atoms with E-state index >= 15 is 0 Å². The summed E-state index contributed by atoms with van der Waals surface area (Å²) in [5.41, 5.74) is 0.0683. The number of anilines is 1. The molecule has 3 aromatic rings. The first-order valence-electron chi connectivity index (χ1n) is 12.0. The second-order valence-electron chi connectivity index (χ2n) is 9.37. The zero-order chi connectivity index (χ0) is 25.5. The van der Waals surface area contributed by atoms with Gasteiger partial charge in [0.05, 0.1) is 18.2 Å². The zero-order valence-electron chi connectivity index (χ0n) is 19.8. The molecule has 0 spiro atoms. The van der Waals surface area contributed by atoms with Crippen LogP contribution in [-0.4, -0.2) is 35.6 Å². The molecular formula is C27H26F3N3O3. The highest BCUT2D eigenvalue weighted by Gasteiger charge is 2.43. The van der Waals surface area contributed by atoms with Crippen LogP contribution in [0.4, 0.5) is 18.9 Å². The number of aldehydes is 1. The van der Waals surface area contributed by atoms with Gasteiger partial charge in [-0.3, -0.25) is 4.79 Å². The Morgan fingerprint density at radius 3 is 2.19 bits per heavy atom. The van der Waals surface area contributed by atoms with Gasteiger partial charge in [-0.1, -0.05) is 31.4 Å². The third-order valence-corrected chi connectivity index (χ3v) is 7.33. The molecule has 1 aliphatic carbocycles. The molecule has 6 nitrogen and oxygen atoms in total. The van der Waals surface area contributed by atoms with Crippen molar-refractivity contribution in [2.75, 3.05) is 18.6 Å². The summed E-state index contributed by atoms with van der Waals surface area (Å²) < 4.78 is 47.6. The Bertz CT molecular complexity index is 1270. The van der Waals surface area contributed by atoms with Crippen molar-refractivity contribution in [2.24, 2.45) is 0 Å². The summed E-state index contributed by atoms with van der Waals surface area (Å²) in [5.74, 6) is -0.0134. The van der Waals surface area contributed by atoms with Crippen LogP contribution in [0.1, 0.15) is 59.4 Å². The van der Waals surface area contributed by atoms with Gasteiger partial charge in [0.1, 0.15) is 17.7 Å². The molecule has 1 aromatic heterocycles. The van der Waals surface area contributed by atoms with E-state index in [9.17, 15) is 22.8 Å². The summed E-state index contributed by atoms with van der Waals surface area (Å²) >= 11 is 0. The van der Waals surface area contributed by atoms with Gasteiger partial charge in [0.15, 0.2) is 5.69 Å². The zero-order valence-corrected chi connectivity index (χ0v) is 19.8. The lowest BCUT2D eigenvalue weighted by Gasteiger charge is -2.33. The van der Waals surface area contributed by atoms with E-state index in [2.05, 4.69) is 5.10 Å². The maximum atomic E-state index is 13.8. The molecule has 2 heterocycles. The Balaban J connectivity index is 1.52.